The lowest BCUT2D eigenvalue weighted by Crippen LogP contribution is -2.64. The number of amides is 1. The highest BCUT2D eigenvalue weighted by atomic mass is 32.2. The lowest BCUT2D eigenvalue weighted by Gasteiger charge is -2.36. The van der Waals surface area contributed by atoms with Crippen molar-refractivity contribution < 1.29 is 62.0 Å². The van der Waals surface area contributed by atoms with Gasteiger partial charge >= 0.3 is 29.8 Å². The Hall–Kier alpha value is -2.20. The summed E-state index contributed by atoms with van der Waals surface area (Å²) in [6.07, 6.45) is -1.11. The van der Waals surface area contributed by atoms with Crippen LogP contribution in [0.3, 0.4) is 0 Å². The molecule has 0 atom stereocenters. The van der Waals surface area contributed by atoms with Crippen LogP contribution in [0.5, 0.6) is 0 Å². The number of carbonyl (C=O) groups is 1. The highest BCUT2D eigenvalue weighted by molar-refractivity contribution is 7.86. The van der Waals surface area contributed by atoms with E-state index in [1.807, 2.05) is 0 Å². The monoisotopic (exact) mass is 573 g/mol. The Bertz CT molecular complexity index is 1010. The molecule has 16 heteroatoms. The van der Waals surface area contributed by atoms with Crippen molar-refractivity contribution in [2.75, 3.05) is 26.4 Å². The first kappa shape index (κ1) is 32.8. The van der Waals surface area contributed by atoms with E-state index in [4.69, 9.17) is 4.74 Å². The number of carbonyl (C=O) groups excluding carboxylic acids is 1. The number of alkyl carbamates (subject to hydrolysis) is 1. The molecule has 0 aliphatic heterocycles. The van der Waals surface area contributed by atoms with Gasteiger partial charge in [0.05, 0.1) is 4.90 Å². The minimum absolute atomic E-state index is 0.224. The molecule has 0 aliphatic carbocycles. The fraction of sp³-hybridized carbons (Fsp3) is 0.667. The molecular weight excluding hydrogens is 546 g/mol. The number of hydrogen-bond donors (Lipinski definition) is 1. The van der Waals surface area contributed by atoms with Crippen LogP contribution in [0.25, 0.3) is 0 Å². The summed E-state index contributed by atoms with van der Waals surface area (Å²) in [7, 11) is -5.10. The molecule has 214 valence electrons. The molecule has 0 bridgehead atoms. The molecule has 0 heterocycles. The summed E-state index contributed by atoms with van der Waals surface area (Å²) >= 11 is 0. The third-order valence-corrected chi connectivity index (χ3v) is 5.71. The third-order valence-electron chi connectivity index (χ3n) is 4.44. The van der Waals surface area contributed by atoms with E-state index >= 15 is 0 Å². The van der Waals surface area contributed by atoms with E-state index in [1.165, 1.54) is 12.1 Å². The van der Waals surface area contributed by atoms with Crippen LogP contribution in [-0.4, -0.2) is 70.2 Å². The molecule has 0 aromatic heterocycles. The highest BCUT2D eigenvalue weighted by Gasteiger charge is 2.80. The zero-order valence-corrected chi connectivity index (χ0v) is 21.0. The van der Waals surface area contributed by atoms with E-state index in [0.29, 0.717) is 5.56 Å². The van der Waals surface area contributed by atoms with Crippen LogP contribution in [0, 0.1) is 6.92 Å². The van der Waals surface area contributed by atoms with E-state index in [-0.39, 0.29) is 13.0 Å². The van der Waals surface area contributed by atoms with Crippen LogP contribution >= 0.6 is 0 Å². The number of nitrogens with one attached hydrogen (secondary N) is 1. The lowest BCUT2D eigenvalue weighted by molar-refractivity contribution is -0.374. The molecule has 1 rings (SSSR count). The SMILES string of the molecule is Cc1ccc(S(=O)(=O)OCC(F)(F)C(F)(F)C(F)(F)C(F)(F)COCCCNC(=O)OC(C)(C)C)cc1. The number of rotatable bonds is 13. The first-order valence-electron chi connectivity index (χ1n) is 10.6. The van der Waals surface area contributed by atoms with Crippen molar-refractivity contribution in [1.29, 1.82) is 0 Å². The van der Waals surface area contributed by atoms with E-state index in [2.05, 4.69) is 14.2 Å². The Labute approximate surface area is 208 Å². The summed E-state index contributed by atoms with van der Waals surface area (Å²) in [5, 5.41) is 2.19. The number of ether oxygens (including phenoxy) is 2. The van der Waals surface area contributed by atoms with E-state index in [0.717, 1.165) is 12.1 Å². The Morgan fingerprint density at radius 1 is 0.865 bits per heavy atom. The quantitative estimate of drug-likeness (QED) is 0.199. The maximum atomic E-state index is 14.0. The number of benzene rings is 1. The number of aryl methyl sites for hydroxylation is 1. The Morgan fingerprint density at radius 2 is 1.35 bits per heavy atom. The maximum Gasteiger partial charge on any atom is 0.407 e. The maximum absolute atomic E-state index is 14.0. The lowest BCUT2D eigenvalue weighted by atomic mass is 9.99. The molecule has 37 heavy (non-hydrogen) atoms. The van der Waals surface area contributed by atoms with Gasteiger partial charge in [0.25, 0.3) is 10.1 Å². The molecule has 0 aliphatic rings. The van der Waals surface area contributed by atoms with Crippen molar-refractivity contribution in [2.24, 2.45) is 0 Å². The van der Waals surface area contributed by atoms with E-state index in [1.54, 1.807) is 27.7 Å². The molecule has 0 unspecified atom stereocenters. The van der Waals surface area contributed by atoms with Crippen LogP contribution in [0.1, 0.15) is 32.8 Å². The van der Waals surface area contributed by atoms with Gasteiger partial charge in [-0.15, -0.1) is 0 Å². The van der Waals surface area contributed by atoms with Crippen LogP contribution in [-0.2, 0) is 23.8 Å². The minimum atomic E-state index is -6.74. The second-order valence-corrected chi connectivity index (χ2v) is 10.5. The van der Waals surface area contributed by atoms with E-state index < -0.39 is 70.2 Å². The molecule has 1 aromatic rings. The largest absolute Gasteiger partial charge is 0.444 e. The standard InChI is InChI=1S/C21H27F8NO6S/c1-14-6-8-15(9-7-14)37(32,33)35-13-19(24,25)21(28,29)20(26,27)18(22,23)12-34-11-5-10-30-16(31)36-17(2,3)4/h6-9H,5,10-13H2,1-4H3,(H,30,31). The van der Waals surface area contributed by atoms with Gasteiger partial charge in [0.2, 0.25) is 0 Å². The molecule has 0 saturated heterocycles. The van der Waals surface area contributed by atoms with Gasteiger partial charge in [0, 0.05) is 13.2 Å². The van der Waals surface area contributed by atoms with Crippen LogP contribution in [0.15, 0.2) is 29.2 Å². The molecule has 1 amide bonds. The van der Waals surface area contributed by atoms with Crippen molar-refractivity contribution >= 4 is 16.2 Å². The Kier molecular flexibility index (Phi) is 10.4. The van der Waals surface area contributed by atoms with Crippen LogP contribution < -0.4 is 5.32 Å². The summed E-state index contributed by atoms with van der Waals surface area (Å²) in [5.74, 6) is -25.2. The van der Waals surface area contributed by atoms with Crippen LogP contribution in [0.2, 0.25) is 0 Å². The average molecular weight is 573 g/mol. The second-order valence-electron chi connectivity index (χ2n) is 8.92. The number of halogens is 8. The zero-order valence-electron chi connectivity index (χ0n) is 20.2. The smallest absolute Gasteiger partial charge is 0.407 e. The molecule has 0 saturated carbocycles. The fourth-order valence-corrected chi connectivity index (χ4v) is 3.35. The molecular formula is C21H27F8NO6S. The number of hydrogen-bond acceptors (Lipinski definition) is 6. The van der Waals surface area contributed by atoms with Gasteiger partial charge < -0.3 is 14.8 Å². The van der Waals surface area contributed by atoms with Crippen molar-refractivity contribution in [3.63, 3.8) is 0 Å². The van der Waals surface area contributed by atoms with Gasteiger partial charge in [0.15, 0.2) is 0 Å². The summed E-state index contributed by atoms with van der Waals surface area (Å²) in [4.78, 5) is 10.7. The van der Waals surface area contributed by atoms with Crippen molar-refractivity contribution in [2.45, 2.75) is 68.3 Å². The van der Waals surface area contributed by atoms with Gasteiger partial charge in [-0.3, -0.25) is 4.18 Å². The van der Waals surface area contributed by atoms with Crippen molar-refractivity contribution in [3.05, 3.63) is 29.8 Å². The molecule has 1 aromatic carbocycles. The Balaban J connectivity index is 2.75. The molecule has 0 radical (unpaired) electrons. The molecule has 7 nitrogen and oxygen atoms in total. The normalized spacial score (nSPS) is 13.9. The first-order valence-corrected chi connectivity index (χ1v) is 12.0. The topological polar surface area (TPSA) is 90.9 Å². The third kappa shape index (κ3) is 8.67. The first-order chi connectivity index (χ1) is 16.6. The van der Waals surface area contributed by atoms with Gasteiger partial charge in [-0.2, -0.15) is 43.5 Å². The second kappa shape index (κ2) is 11.7. The average Bonchev–Trinajstić information content (AvgIpc) is 2.73. The van der Waals surface area contributed by atoms with Gasteiger partial charge in [-0.25, -0.2) is 4.79 Å². The predicted molar refractivity (Wildman–Crippen MR) is 114 cm³/mol. The molecule has 0 fully saturated rings. The van der Waals surface area contributed by atoms with Gasteiger partial charge in [0.1, 0.15) is 18.8 Å². The minimum Gasteiger partial charge on any atom is -0.444 e. The summed E-state index contributed by atoms with van der Waals surface area (Å²) in [6.45, 7) is 0.0584. The Morgan fingerprint density at radius 3 is 1.84 bits per heavy atom. The number of alkyl halides is 8. The van der Waals surface area contributed by atoms with Crippen molar-refractivity contribution in [1.82, 2.24) is 5.32 Å². The van der Waals surface area contributed by atoms with Gasteiger partial charge in [-0.1, -0.05) is 17.7 Å². The molecule has 0 spiro atoms. The van der Waals surface area contributed by atoms with Crippen molar-refractivity contribution in [3.8, 4) is 0 Å². The highest BCUT2D eigenvalue weighted by Crippen LogP contribution is 2.52. The van der Waals surface area contributed by atoms with E-state index in [9.17, 15) is 48.3 Å². The summed E-state index contributed by atoms with van der Waals surface area (Å²) in [6, 6.07) is 4.19. The molecule has 1 N–H and O–H groups in total. The van der Waals surface area contributed by atoms with Gasteiger partial charge in [-0.05, 0) is 46.2 Å². The summed E-state index contributed by atoms with van der Waals surface area (Å²) < 4.78 is 148. The predicted octanol–water partition coefficient (Wildman–Crippen LogP) is 5.17. The fourth-order valence-electron chi connectivity index (χ4n) is 2.44. The zero-order chi connectivity index (χ0) is 28.9. The van der Waals surface area contributed by atoms with Crippen LogP contribution in [0.4, 0.5) is 39.9 Å². The summed E-state index contributed by atoms with van der Waals surface area (Å²) in [5.41, 5.74) is -0.295.